The molecule has 98 valence electrons. The van der Waals surface area contributed by atoms with Crippen LogP contribution in [0.1, 0.15) is 5.56 Å². The topological polar surface area (TPSA) is 20.5 Å². The Balaban J connectivity index is 0.000000121. The summed E-state index contributed by atoms with van der Waals surface area (Å²) in [5.41, 5.74) is 2.11. The third kappa shape index (κ3) is 2.86. The quantitative estimate of drug-likeness (QED) is 0.543. The van der Waals surface area contributed by atoms with Gasteiger partial charge in [-0.15, -0.1) is 0 Å². The predicted molar refractivity (Wildman–Crippen MR) is 81.6 cm³/mol. The summed E-state index contributed by atoms with van der Waals surface area (Å²) in [5.74, 6) is 0.991. The van der Waals surface area contributed by atoms with Gasteiger partial charge >= 0.3 is 11.8 Å². The number of rotatable bonds is 0. The molecule has 0 saturated carbocycles. The van der Waals surface area contributed by atoms with Gasteiger partial charge in [-0.2, -0.15) is 0 Å². The van der Waals surface area contributed by atoms with Gasteiger partial charge in [0.25, 0.3) is 0 Å². The van der Waals surface area contributed by atoms with Crippen LogP contribution in [0.5, 0.6) is 5.75 Å². The monoisotopic (exact) mass is 263 g/mol. The van der Waals surface area contributed by atoms with E-state index in [-0.39, 0.29) is 0 Å². The second kappa shape index (κ2) is 6.02. The van der Waals surface area contributed by atoms with Gasteiger partial charge in [0.2, 0.25) is 0 Å². The summed E-state index contributed by atoms with van der Waals surface area (Å²) in [6.07, 6.45) is 5.78. The van der Waals surface area contributed by atoms with Crippen LogP contribution in [0.2, 0.25) is 0 Å². The average Bonchev–Trinajstić information content (AvgIpc) is 2.56. The van der Waals surface area contributed by atoms with Crippen LogP contribution in [-0.2, 0) is 0 Å². The van der Waals surface area contributed by atoms with Gasteiger partial charge in [-0.05, 0) is 24.3 Å². The third-order valence-corrected chi connectivity index (χ3v) is 3.02. The van der Waals surface area contributed by atoms with Crippen LogP contribution in [0.4, 0.5) is 0 Å². The largest absolute Gasteiger partial charge is 0.489 e. The Bertz CT molecular complexity index is 667. The molecule has 0 unspecified atom stereocenters. The fourth-order valence-corrected chi connectivity index (χ4v) is 2.04. The Kier molecular flexibility index (Phi) is 3.74. The Morgan fingerprint density at radius 3 is 2.55 bits per heavy atom. The SMILES string of the molecule is C1=Cc2ccccc2OC1.c1ccc2[o+]cccc2c1. The van der Waals surface area contributed by atoms with E-state index < -0.39 is 0 Å². The van der Waals surface area contributed by atoms with Crippen molar-refractivity contribution in [2.24, 2.45) is 0 Å². The summed E-state index contributed by atoms with van der Waals surface area (Å²) in [6.45, 7) is 0.705. The minimum absolute atomic E-state index is 0.705. The molecule has 4 rings (SSSR count). The highest BCUT2D eigenvalue weighted by Gasteiger charge is 2.01. The fourth-order valence-electron chi connectivity index (χ4n) is 2.04. The number of hydrogen-bond acceptors (Lipinski definition) is 1. The Morgan fingerprint density at radius 2 is 1.65 bits per heavy atom. The highest BCUT2D eigenvalue weighted by atomic mass is 16.5. The van der Waals surface area contributed by atoms with Crippen molar-refractivity contribution in [2.75, 3.05) is 6.61 Å². The molecule has 0 fully saturated rings. The zero-order valence-electron chi connectivity index (χ0n) is 11.0. The van der Waals surface area contributed by atoms with Crippen molar-refractivity contribution in [2.45, 2.75) is 0 Å². The summed E-state index contributed by atoms with van der Waals surface area (Å²) in [7, 11) is 0. The highest BCUT2D eigenvalue weighted by Crippen LogP contribution is 2.21. The first kappa shape index (κ1) is 12.4. The van der Waals surface area contributed by atoms with E-state index in [0.717, 1.165) is 16.7 Å². The minimum Gasteiger partial charge on any atom is -0.489 e. The molecule has 0 radical (unpaired) electrons. The molecule has 20 heavy (non-hydrogen) atoms. The maximum Gasteiger partial charge on any atom is 0.359 e. The molecule has 0 bridgehead atoms. The van der Waals surface area contributed by atoms with E-state index in [1.165, 1.54) is 5.56 Å². The van der Waals surface area contributed by atoms with Gasteiger partial charge in [-0.1, -0.05) is 36.4 Å². The zero-order valence-corrected chi connectivity index (χ0v) is 11.0. The normalized spacial score (nSPS) is 12.0. The Hall–Kier alpha value is -2.61. The minimum atomic E-state index is 0.705. The van der Waals surface area contributed by atoms with Gasteiger partial charge < -0.3 is 4.74 Å². The lowest BCUT2D eigenvalue weighted by Crippen LogP contribution is -1.98. The first-order valence-corrected chi connectivity index (χ1v) is 6.57. The molecule has 0 atom stereocenters. The number of hydrogen-bond donors (Lipinski definition) is 0. The molecule has 2 aromatic carbocycles. The Labute approximate surface area is 117 Å². The first-order valence-electron chi connectivity index (χ1n) is 6.57. The summed E-state index contributed by atoms with van der Waals surface area (Å²) in [4.78, 5) is 0. The molecule has 2 heteroatoms. The van der Waals surface area contributed by atoms with E-state index in [0.29, 0.717) is 6.61 Å². The van der Waals surface area contributed by atoms with Crippen LogP contribution >= 0.6 is 0 Å². The summed E-state index contributed by atoms with van der Waals surface area (Å²) >= 11 is 0. The fraction of sp³-hybridized carbons (Fsp3) is 0.0556. The van der Waals surface area contributed by atoms with Crippen molar-refractivity contribution >= 4 is 17.0 Å². The number of para-hydroxylation sites is 2. The number of fused-ring (bicyclic) bond motifs is 2. The molecule has 1 aromatic heterocycles. The number of ether oxygens (including phenoxy) is 1. The van der Waals surface area contributed by atoms with E-state index in [1.54, 1.807) is 6.26 Å². The lowest BCUT2D eigenvalue weighted by atomic mass is 10.1. The smallest absolute Gasteiger partial charge is 0.359 e. The lowest BCUT2D eigenvalue weighted by molar-refractivity contribution is 0.358. The van der Waals surface area contributed by atoms with Crippen LogP contribution < -0.4 is 4.74 Å². The van der Waals surface area contributed by atoms with Crippen LogP contribution in [0.25, 0.3) is 17.0 Å². The molecule has 0 saturated heterocycles. The van der Waals surface area contributed by atoms with Gasteiger partial charge in [0.05, 0.1) is 5.39 Å². The van der Waals surface area contributed by atoms with Crippen LogP contribution in [0.3, 0.4) is 0 Å². The van der Waals surface area contributed by atoms with Crippen molar-refractivity contribution in [1.29, 1.82) is 0 Å². The maximum atomic E-state index is 5.34. The van der Waals surface area contributed by atoms with E-state index in [9.17, 15) is 0 Å². The summed E-state index contributed by atoms with van der Waals surface area (Å²) < 4.78 is 10.5. The van der Waals surface area contributed by atoms with E-state index in [2.05, 4.69) is 6.08 Å². The van der Waals surface area contributed by atoms with Crippen molar-refractivity contribution in [3.05, 3.63) is 78.6 Å². The van der Waals surface area contributed by atoms with E-state index in [4.69, 9.17) is 9.15 Å². The molecule has 0 N–H and O–H groups in total. The van der Waals surface area contributed by atoms with E-state index in [1.807, 2.05) is 66.7 Å². The average molecular weight is 263 g/mol. The molecule has 3 aromatic rings. The zero-order chi connectivity index (χ0) is 13.6. The lowest BCUT2D eigenvalue weighted by Gasteiger charge is -2.10. The van der Waals surface area contributed by atoms with E-state index >= 15 is 0 Å². The molecular weight excluding hydrogens is 248 g/mol. The van der Waals surface area contributed by atoms with Crippen molar-refractivity contribution < 1.29 is 9.15 Å². The van der Waals surface area contributed by atoms with Crippen molar-refractivity contribution in [1.82, 2.24) is 0 Å². The third-order valence-electron chi connectivity index (χ3n) is 3.02. The van der Waals surface area contributed by atoms with Crippen LogP contribution in [0.15, 0.2) is 77.4 Å². The van der Waals surface area contributed by atoms with Gasteiger partial charge in [-0.25, -0.2) is 4.42 Å². The van der Waals surface area contributed by atoms with Gasteiger partial charge in [-0.3, -0.25) is 0 Å². The molecule has 0 amide bonds. The molecule has 0 spiro atoms. The Morgan fingerprint density at radius 1 is 0.850 bits per heavy atom. The summed E-state index contributed by atoms with van der Waals surface area (Å²) in [5, 5.41) is 1.14. The molecular formula is C18H15O2+. The highest BCUT2D eigenvalue weighted by molar-refractivity contribution is 5.75. The molecule has 1 aliphatic rings. The molecule has 1 aliphatic heterocycles. The van der Waals surface area contributed by atoms with Crippen LogP contribution in [-0.4, -0.2) is 6.61 Å². The van der Waals surface area contributed by atoms with Gasteiger partial charge in [0.1, 0.15) is 12.4 Å². The summed E-state index contributed by atoms with van der Waals surface area (Å²) in [6, 6.07) is 19.9. The molecule has 2 nitrogen and oxygen atoms in total. The maximum absolute atomic E-state index is 5.34. The second-order valence-electron chi connectivity index (χ2n) is 4.40. The van der Waals surface area contributed by atoms with Crippen LogP contribution in [0, 0.1) is 0 Å². The second-order valence-corrected chi connectivity index (χ2v) is 4.40. The molecule has 0 aliphatic carbocycles. The van der Waals surface area contributed by atoms with Gasteiger partial charge in [0, 0.05) is 17.7 Å². The predicted octanol–water partition coefficient (Wildman–Crippen LogP) is 4.81. The number of benzene rings is 2. The standard InChI is InChI=1S/C9H8O.C9H7O/c2*1-2-6-9-8(4-1)5-3-7-10-9/h1-6H,7H2;1-7H/q;+1. The van der Waals surface area contributed by atoms with Gasteiger partial charge in [0.15, 0.2) is 0 Å². The van der Waals surface area contributed by atoms with Crippen molar-refractivity contribution in [3.63, 3.8) is 0 Å². The van der Waals surface area contributed by atoms with Crippen molar-refractivity contribution in [3.8, 4) is 5.75 Å². The first-order chi connectivity index (χ1) is 9.93. The molecule has 2 heterocycles.